The third-order valence-corrected chi connectivity index (χ3v) is 5.23. The lowest BCUT2D eigenvalue weighted by molar-refractivity contribution is -0.137. The third kappa shape index (κ3) is 4.19. The van der Waals surface area contributed by atoms with Gasteiger partial charge in [0.2, 0.25) is 12.7 Å². The van der Waals surface area contributed by atoms with E-state index in [4.69, 9.17) is 21.1 Å². The molecule has 0 radical (unpaired) electrons. The maximum atomic E-state index is 12.8. The number of halogens is 4. The molecule has 2 aliphatic heterocycles. The first-order valence-electron chi connectivity index (χ1n) is 8.99. The highest BCUT2D eigenvalue weighted by Gasteiger charge is 2.33. The maximum absolute atomic E-state index is 12.8. The van der Waals surface area contributed by atoms with Crippen molar-refractivity contribution in [2.24, 2.45) is 5.92 Å². The van der Waals surface area contributed by atoms with E-state index in [1.165, 1.54) is 0 Å². The molecule has 1 aromatic heterocycles. The molecule has 0 bridgehead atoms. The van der Waals surface area contributed by atoms with Crippen LogP contribution in [0.15, 0.2) is 30.5 Å². The van der Waals surface area contributed by atoms with E-state index in [1.54, 1.807) is 23.1 Å². The van der Waals surface area contributed by atoms with Crippen molar-refractivity contribution in [3.63, 3.8) is 0 Å². The number of amides is 1. The van der Waals surface area contributed by atoms with E-state index in [-0.39, 0.29) is 23.6 Å². The van der Waals surface area contributed by atoms with Gasteiger partial charge in [-0.3, -0.25) is 4.79 Å². The van der Waals surface area contributed by atoms with Gasteiger partial charge in [-0.1, -0.05) is 11.6 Å². The average molecular weight is 428 g/mol. The van der Waals surface area contributed by atoms with Crippen LogP contribution >= 0.6 is 11.6 Å². The first-order chi connectivity index (χ1) is 13.8. The Labute approximate surface area is 169 Å². The maximum Gasteiger partial charge on any atom is 0.417 e. The number of benzene rings is 1. The lowest BCUT2D eigenvalue weighted by Gasteiger charge is -2.32. The summed E-state index contributed by atoms with van der Waals surface area (Å²) in [6.45, 7) is 1.10. The minimum Gasteiger partial charge on any atom is -0.454 e. The van der Waals surface area contributed by atoms with E-state index in [9.17, 15) is 18.0 Å². The highest BCUT2D eigenvalue weighted by molar-refractivity contribution is 6.33. The number of fused-ring (bicyclic) bond motifs is 1. The Balaban J connectivity index is 1.36. The van der Waals surface area contributed by atoms with Crippen molar-refractivity contribution in [1.82, 2.24) is 4.98 Å². The van der Waals surface area contributed by atoms with Crippen LogP contribution in [0.5, 0.6) is 11.5 Å². The van der Waals surface area contributed by atoms with Gasteiger partial charge in [0.25, 0.3) is 0 Å². The SMILES string of the molecule is O=C(Nc1ccc2c(c1)OCO2)C1CCN(c2ncc(C(F)(F)F)cc2Cl)CC1. The van der Waals surface area contributed by atoms with Gasteiger partial charge in [-0.25, -0.2) is 4.98 Å². The molecule has 0 spiro atoms. The molecule has 1 saturated heterocycles. The zero-order valence-corrected chi connectivity index (χ0v) is 15.9. The Morgan fingerprint density at radius 3 is 2.59 bits per heavy atom. The van der Waals surface area contributed by atoms with Crippen LogP contribution in [0.2, 0.25) is 5.02 Å². The van der Waals surface area contributed by atoms with E-state index in [1.807, 2.05) is 0 Å². The molecule has 154 valence electrons. The molecule has 1 N–H and O–H groups in total. The van der Waals surface area contributed by atoms with Crippen LogP contribution in [0, 0.1) is 5.92 Å². The average Bonchev–Trinajstić information content (AvgIpc) is 3.15. The fraction of sp³-hybridized carbons (Fsp3) is 0.368. The van der Waals surface area contributed by atoms with Crippen molar-refractivity contribution in [3.8, 4) is 11.5 Å². The van der Waals surface area contributed by atoms with Crippen LogP contribution in [-0.2, 0) is 11.0 Å². The van der Waals surface area contributed by atoms with Gasteiger partial charge in [-0.2, -0.15) is 13.2 Å². The predicted molar refractivity (Wildman–Crippen MR) is 100 cm³/mol. The summed E-state index contributed by atoms with van der Waals surface area (Å²) in [6, 6.07) is 6.06. The smallest absolute Gasteiger partial charge is 0.417 e. The van der Waals surface area contributed by atoms with E-state index < -0.39 is 11.7 Å². The Bertz CT molecular complexity index is 931. The van der Waals surface area contributed by atoms with Gasteiger partial charge in [-0.05, 0) is 31.0 Å². The van der Waals surface area contributed by atoms with Gasteiger partial charge in [0, 0.05) is 37.0 Å². The molecule has 10 heteroatoms. The van der Waals surface area contributed by atoms with Gasteiger partial charge in [0.1, 0.15) is 5.82 Å². The topological polar surface area (TPSA) is 63.7 Å². The van der Waals surface area contributed by atoms with Crippen molar-refractivity contribution in [3.05, 3.63) is 41.0 Å². The first-order valence-corrected chi connectivity index (χ1v) is 9.37. The van der Waals surface area contributed by atoms with Crippen LogP contribution in [-0.4, -0.2) is 30.8 Å². The quantitative estimate of drug-likeness (QED) is 0.789. The lowest BCUT2D eigenvalue weighted by atomic mass is 9.95. The molecule has 0 aliphatic carbocycles. The van der Waals surface area contributed by atoms with Crippen molar-refractivity contribution in [2.75, 3.05) is 30.1 Å². The number of hydrogen-bond donors (Lipinski definition) is 1. The standard InChI is InChI=1S/C19H17ClF3N3O3/c20-14-7-12(19(21,22)23)9-24-17(14)26-5-3-11(4-6-26)18(27)25-13-1-2-15-16(8-13)29-10-28-15/h1-2,7-9,11H,3-6,10H2,(H,25,27). The number of nitrogens with one attached hydrogen (secondary N) is 1. The van der Waals surface area contributed by atoms with Gasteiger partial charge >= 0.3 is 6.18 Å². The number of hydrogen-bond acceptors (Lipinski definition) is 5. The van der Waals surface area contributed by atoms with E-state index >= 15 is 0 Å². The van der Waals surface area contributed by atoms with E-state index in [2.05, 4.69) is 10.3 Å². The summed E-state index contributed by atoms with van der Waals surface area (Å²) in [5, 5.41) is 2.82. The molecule has 1 fully saturated rings. The number of anilines is 2. The minimum atomic E-state index is -4.49. The third-order valence-electron chi connectivity index (χ3n) is 4.95. The lowest BCUT2D eigenvalue weighted by Crippen LogP contribution is -2.38. The van der Waals surface area contributed by atoms with Gasteiger partial charge < -0.3 is 19.7 Å². The number of carbonyl (C=O) groups excluding carboxylic acids is 1. The molecule has 1 aromatic carbocycles. The summed E-state index contributed by atoms with van der Waals surface area (Å²) in [6.07, 6.45) is -2.64. The first kappa shape index (κ1) is 19.6. The van der Waals surface area contributed by atoms with Crippen LogP contribution in [0.25, 0.3) is 0 Å². The predicted octanol–water partition coefficient (Wildman–Crippen LogP) is 4.34. The Hall–Kier alpha value is -2.68. The van der Waals surface area contributed by atoms with Gasteiger partial charge in [0.15, 0.2) is 11.5 Å². The summed E-state index contributed by atoms with van der Waals surface area (Å²) < 4.78 is 48.8. The molecule has 2 aromatic rings. The zero-order valence-electron chi connectivity index (χ0n) is 15.1. The van der Waals surface area contributed by atoms with Crippen molar-refractivity contribution < 1.29 is 27.4 Å². The van der Waals surface area contributed by atoms with Crippen molar-refractivity contribution in [1.29, 1.82) is 0 Å². The summed E-state index contributed by atoms with van der Waals surface area (Å²) in [5.41, 5.74) is -0.265. The number of piperidine rings is 1. The molecule has 3 heterocycles. The van der Waals surface area contributed by atoms with Crippen LogP contribution in [0.3, 0.4) is 0 Å². The molecular weight excluding hydrogens is 411 g/mol. The molecule has 29 heavy (non-hydrogen) atoms. The number of aromatic nitrogens is 1. The molecule has 1 amide bonds. The van der Waals surface area contributed by atoms with Gasteiger partial charge in [-0.15, -0.1) is 0 Å². The van der Waals surface area contributed by atoms with Gasteiger partial charge in [0.05, 0.1) is 10.6 Å². The Morgan fingerprint density at radius 1 is 1.17 bits per heavy atom. The Kier molecular flexibility index (Phi) is 5.16. The van der Waals surface area contributed by atoms with E-state index in [0.717, 1.165) is 12.3 Å². The fourth-order valence-corrected chi connectivity index (χ4v) is 3.68. The molecule has 0 saturated carbocycles. The summed E-state index contributed by atoms with van der Waals surface area (Å²) in [4.78, 5) is 18.2. The van der Waals surface area contributed by atoms with Crippen LogP contribution in [0.1, 0.15) is 18.4 Å². The molecule has 0 unspecified atom stereocenters. The van der Waals surface area contributed by atoms with Crippen LogP contribution < -0.4 is 19.7 Å². The molecule has 6 nitrogen and oxygen atoms in total. The monoisotopic (exact) mass is 427 g/mol. The van der Waals surface area contributed by atoms with Crippen molar-refractivity contribution >= 4 is 29.0 Å². The number of pyridine rings is 1. The summed E-state index contributed by atoms with van der Waals surface area (Å²) in [5.74, 6) is 1.19. The number of rotatable bonds is 3. The second kappa shape index (κ2) is 7.62. The number of nitrogens with zero attached hydrogens (tertiary/aromatic N) is 2. The Morgan fingerprint density at radius 2 is 1.90 bits per heavy atom. The second-order valence-electron chi connectivity index (χ2n) is 6.85. The van der Waals surface area contributed by atoms with Crippen LogP contribution in [0.4, 0.5) is 24.7 Å². The zero-order chi connectivity index (χ0) is 20.6. The van der Waals surface area contributed by atoms with E-state index in [0.29, 0.717) is 48.9 Å². The minimum absolute atomic E-state index is 0.0527. The summed E-state index contributed by atoms with van der Waals surface area (Å²) in [7, 11) is 0. The largest absolute Gasteiger partial charge is 0.454 e. The highest BCUT2D eigenvalue weighted by Crippen LogP contribution is 2.36. The summed E-state index contributed by atoms with van der Waals surface area (Å²) >= 11 is 6.02. The number of carbonyl (C=O) groups is 1. The molecule has 4 rings (SSSR count). The molecule has 0 atom stereocenters. The molecule has 2 aliphatic rings. The normalized spacial score (nSPS) is 16.8. The number of alkyl halides is 3. The number of ether oxygens (including phenoxy) is 2. The highest BCUT2D eigenvalue weighted by atomic mass is 35.5. The molecular formula is C19H17ClF3N3O3. The second-order valence-corrected chi connectivity index (χ2v) is 7.25. The fourth-order valence-electron chi connectivity index (χ4n) is 3.39. The van der Waals surface area contributed by atoms with Crippen molar-refractivity contribution in [2.45, 2.75) is 19.0 Å².